The Morgan fingerprint density at radius 3 is 1.19 bits per heavy atom. The topological polar surface area (TPSA) is 52.6 Å². The molecule has 4 aromatic carbocycles. The lowest BCUT2D eigenvalue weighted by molar-refractivity contribution is 0.103. The second-order valence-corrected chi connectivity index (χ2v) is 7.77. The molecule has 0 fully saturated rings. The van der Waals surface area contributed by atoms with Crippen LogP contribution in [0.3, 0.4) is 0 Å². The van der Waals surface area contributed by atoms with Crippen LogP contribution in [0, 0.1) is 13.8 Å². The molecule has 0 spiro atoms. The van der Waals surface area contributed by atoms with Gasteiger partial charge in [0.25, 0.3) is 0 Å². The van der Waals surface area contributed by atoms with Gasteiger partial charge in [-0.05, 0) is 38.1 Å². The number of hydrogen-bond acceptors (Lipinski definition) is 4. The summed E-state index contributed by atoms with van der Waals surface area (Å²) in [6, 6.07) is 21.8. The molecule has 0 bridgehead atoms. The lowest BCUT2D eigenvalue weighted by atomic mass is 9.90. The van der Waals surface area contributed by atoms with Gasteiger partial charge in [0.1, 0.15) is 11.5 Å². The first-order valence-corrected chi connectivity index (χ1v) is 10.3. The quantitative estimate of drug-likeness (QED) is 0.360. The van der Waals surface area contributed by atoms with E-state index in [9.17, 15) is 9.59 Å². The minimum atomic E-state index is -0.143. The molecule has 0 amide bonds. The molecule has 0 saturated carbocycles. The molecule has 0 unspecified atom stereocenters. The molecule has 160 valence electrons. The van der Waals surface area contributed by atoms with Gasteiger partial charge in [-0.15, -0.1) is 0 Å². The molecule has 4 heteroatoms. The van der Waals surface area contributed by atoms with Crippen LogP contribution in [0.1, 0.15) is 43.0 Å². The highest BCUT2D eigenvalue weighted by atomic mass is 16.5. The highest BCUT2D eigenvalue weighted by Gasteiger charge is 2.23. The Hall–Kier alpha value is -3.92. The Balaban J connectivity index is 1.99. The zero-order chi connectivity index (χ0) is 22.8. The first-order valence-electron chi connectivity index (χ1n) is 10.3. The van der Waals surface area contributed by atoms with Crippen LogP contribution in [0.5, 0.6) is 11.5 Å². The van der Waals surface area contributed by atoms with Crippen molar-refractivity contribution in [1.29, 1.82) is 0 Å². The van der Waals surface area contributed by atoms with Gasteiger partial charge in [-0.1, -0.05) is 59.7 Å². The molecule has 0 aliphatic heterocycles. The van der Waals surface area contributed by atoms with E-state index in [0.29, 0.717) is 44.5 Å². The van der Waals surface area contributed by atoms with E-state index in [1.54, 1.807) is 38.5 Å². The maximum atomic E-state index is 13.4. The van der Waals surface area contributed by atoms with Crippen LogP contribution >= 0.6 is 0 Å². The van der Waals surface area contributed by atoms with E-state index in [0.717, 1.165) is 11.1 Å². The standard InChI is InChI=1S/C28H24O4/c1-17-5-9-19(10-6-17)27(29)21-13-15-24(32-4)26-22(14-16-23(31-3)25(21)26)28(30)20-11-7-18(2)8-12-20/h5-16H,1-4H3. The molecule has 0 radical (unpaired) electrons. The summed E-state index contributed by atoms with van der Waals surface area (Å²) < 4.78 is 11.2. The van der Waals surface area contributed by atoms with Crippen LogP contribution in [-0.4, -0.2) is 25.8 Å². The van der Waals surface area contributed by atoms with E-state index < -0.39 is 0 Å². The van der Waals surface area contributed by atoms with Gasteiger partial charge in [-0.25, -0.2) is 0 Å². The van der Waals surface area contributed by atoms with Crippen molar-refractivity contribution in [2.75, 3.05) is 14.2 Å². The van der Waals surface area contributed by atoms with Crippen LogP contribution in [-0.2, 0) is 0 Å². The van der Waals surface area contributed by atoms with Crippen LogP contribution in [0.2, 0.25) is 0 Å². The molecule has 0 aliphatic rings. The Morgan fingerprint density at radius 2 is 0.875 bits per heavy atom. The van der Waals surface area contributed by atoms with Gasteiger partial charge in [0.2, 0.25) is 0 Å². The maximum Gasteiger partial charge on any atom is 0.193 e. The van der Waals surface area contributed by atoms with Crippen molar-refractivity contribution in [2.24, 2.45) is 0 Å². The molecule has 0 aliphatic carbocycles. The Labute approximate surface area is 187 Å². The van der Waals surface area contributed by atoms with Crippen molar-refractivity contribution < 1.29 is 19.1 Å². The van der Waals surface area contributed by atoms with Crippen molar-refractivity contribution in [3.05, 3.63) is 106 Å². The normalized spacial score (nSPS) is 10.8. The largest absolute Gasteiger partial charge is 0.496 e. The number of aryl methyl sites for hydroxylation is 2. The SMILES string of the molecule is COc1ccc(C(=O)c2ccc(C)cc2)c2c(OC)ccc(C(=O)c3ccc(C)cc3)c12. The first-order chi connectivity index (χ1) is 15.4. The molecule has 0 aromatic heterocycles. The predicted octanol–water partition coefficient (Wildman–Crippen LogP) is 5.94. The van der Waals surface area contributed by atoms with Crippen LogP contribution < -0.4 is 9.47 Å². The van der Waals surface area contributed by atoms with Crippen molar-refractivity contribution in [1.82, 2.24) is 0 Å². The third-order valence-corrected chi connectivity index (χ3v) is 5.64. The predicted molar refractivity (Wildman–Crippen MR) is 126 cm³/mol. The lowest BCUT2D eigenvalue weighted by Crippen LogP contribution is -2.08. The fourth-order valence-electron chi connectivity index (χ4n) is 3.87. The lowest BCUT2D eigenvalue weighted by Gasteiger charge is -2.16. The minimum absolute atomic E-state index is 0.143. The van der Waals surface area contributed by atoms with Crippen LogP contribution in [0.4, 0.5) is 0 Å². The van der Waals surface area contributed by atoms with Crippen molar-refractivity contribution in [3.63, 3.8) is 0 Å². The fraction of sp³-hybridized carbons (Fsp3) is 0.143. The third-order valence-electron chi connectivity index (χ3n) is 5.64. The molecule has 4 rings (SSSR count). The highest BCUT2D eigenvalue weighted by Crippen LogP contribution is 2.39. The fourth-order valence-corrected chi connectivity index (χ4v) is 3.87. The molecule has 0 N–H and O–H groups in total. The van der Waals surface area contributed by atoms with Crippen LogP contribution in [0.25, 0.3) is 10.8 Å². The zero-order valence-corrected chi connectivity index (χ0v) is 18.6. The highest BCUT2D eigenvalue weighted by molar-refractivity contribution is 6.24. The maximum absolute atomic E-state index is 13.4. The molecule has 0 atom stereocenters. The smallest absolute Gasteiger partial charge is 0.193 e. The third kappa shape index (κ3) is 3.76. The van der Waals surface area contributed by atoms with E-state index in [1.807, 2.05) is 62.4 Å². The first kappa shape index (κ1) is 21.3. The number of ketones is 2. The number of carbonyl (C=O) groups is 2. The molecular formula is C28H24O4. The van der Waals surface area contributed by atoms with Crippen molar-refractivity contribution >= 4 is 22.3 Å². The number of ether oxygens (including phenoxy) is 2. The van der Waals surface area contributed by atoms with Gasteiger partial charge < -0.3 is 9.47 Å². The van der Waals surface area contributed by atoms with E-state index in [2.05, 4.69) is 0 Å². The van der Waals surface area contributed by atoms with Crippen molar-refractivity contribution in [3.8, 4) is 11.5 Å². The summed E-state index contributed by atoms with van der Waals surface area (Å²) in [5, 5.41) is 1.13. The number of hydrogen-bond donors (Lipinski definition) is 0. The average molecular weight is 424 g/mol. The minimum Gasteiger partial charge on any atom is -0.496 e. The van der Waals surface area contributed by atoms with Crippen molar-refractivity contribution in [2.45, 2.75) is 13.8 Å². The number of carbonyl (C=O) groups excluding carboxylic acids is 2. The Bertz CT molecular complexity index is 1210. The summed E-state index contributed by atoms with van der Waals surface area (Å²) in [4.78, 5) is 26.9. The second kappa shape index (κ2) is 8.67. The van der Waals surface area contributed by atoms with Gasteiger partial charge in [0.15, 0.2) is 11.6 Å². The number of benzene rings is 4. The Kier molecular flexibility index (Phi) is 5.78. The average Bonchev–Trinajstić information content (AvgIpc) is 2.82. The Morgan fingerprint density at radius 1 is 0.531 bits per heavy atom. The second-order valence-electron chi connectivity index (χ2n) is 7.77. The number of fused-ring (bicyclic) bond motifs is 1. The summed E-state index contributed by atoms with van der Waals surface area (Å²) in [5.41, 5.74) is 4.20. The van der Waals surface area contributed by atoms with Gasteiger partial charge >= 0.3 is 0 Å². The number of rotatable bonds is 6. The number of methoxy groups -OCH3 is 2. The zero-order valence-electron chi connectivity index (χ0n) is 18.6. The van der Waals surface area contributed by atoms with E-state index in [1.165, 1.54) is 0 Å². The molecule has 0 heterocycles. The summed E-state index contributed by atoms with van der Waals surface area (Å²) in [5.74, 6) is 0.733. The summed E-state index contributed by atoms with van der Waals surface area (Å²) in [6.45, 7) is 3.95. The van der Waals surface area contributed by atoms with Gasteiger partial charge in [0, 0.05) is 33.0 Å². The molecular weight excluding hydrogens is 400 g/mol. The molecule has 32 heavy (non-hydrogen) atoms. The molecule has 0 saturated heterocycles. The molecule has 4 nitrogen and oxygen atoms in total. The van der Waals surface area contributed by atoms with E-state index >= 15 is 0 Å². The van der Waals surface area contributed by atoms with Crippen LogP contribution in [0.15, 0.2) is 72.8 Å². The molecule has 4 aromatic rings. The monoisotopic (exact) mass is 424 g/mol. The summed E-state index contributed by atoms with van der Waals surface area (Å²) in [6.07, 6.45) is 0. The van der Waals surface area contributed by atoms with Gasteiger partial charge in [0.05, 0.1) is 14.2 Å². The van der Waals surface area contributed by atoms with Gasteiger partial charge in [-0.2, -0.15) is 0 Å². The van der Waals surface area contributed by atoms with E-state index in [-0.39, 0.29) is 11.6 Å². The van der Waals surface area contributed by atoms with Gasteiger partial charge in [-0.3, -0.25) is 9.59 Å². The summed E-state index contributed by atoms with van der Waals surface area (Å²) in [7, 11) is 3.10. The summed E-state index contributed by atoms with van der Waals surface area (Å²) >= 11 is 0. The van der Waals surface area contributed by atoms with E-state index in [4.69, 9.17) is 9.47 Å².